The SMILES string of the molecule is CC.CC(Nc1ncc(/C(=N/N)NN)cn1)c1ccccc1. The van der Waals surface area contributed by atoms with Gasteiger partial charge in [-0.1, -0.05) is 44.2 Å². The van der Waals surface area contributed by atoms with E-state index in [0.29, 0.717) is 17.3 Å². The van der Waals surface area contributed by atoms with Crippen LogP contribution in [0.25, 0.3) is 0 Å². The minimum Gasteiger partial charge on any atom is -0.348 e. The van der Waals surface area contributed by atoms with Gasteiger partial charge in [-0.3, -0.25) is 0 Å². The second kappa shape index (κ2) is 9.30. The van der Waals surface area contributed by atoms with E-state index in [1.54, 1.807) is 12.4 Å². The summed E-state index contributed by atoms with van der Waals surface area (Å²) in [5.74, 6) is 11.3. The van der Waals surface area contributed by atoms with Gasteiger partial charge in [0.15, 0.2) is 5.84 Å². The van der Waals surface area contributed by atoms with Crippen LogP contribution in [0.3, 0.4) is 0 Å². The number of aromatic nitrogens is 2. The van der Waals surface area contributed by atoms with E-state index in [1.807, 2.05) is 51.1 Å². The lowest BCUT2D eigenvalue weighted by Gasteiger charge is -2.14. The Morgan fingerprint density at radius 3 is 2.23 bits per heavy atom. The van der Waals surface area contributed by atoms with Crippen LogP contribution in [0, 0.1) is 0 Å². The van der Waals surface area contributed by atoms with E-state index in [-0.39, 0.29) is 6.04 Å². The van der Waals surface area contributed by atoms with Crippen molar-refractivity contribution in [3.05, 3.63) is 53.9 Å². The highest BCUT2D eigenvalue weighted by atomic mass is 15.3. The summed E-state index contributed by atoms with van der Waals surface area (Å²) in [6.07, 6.45) is 3.19. The van der Waals surface area contributed by atoms with Gasteiger partial charge in [0.2, 0.25) is 5.95 Å². The van der Waals surface area contributed by atoms with Crippen molar-refractivity contribution in [2.75, 3.05) is 5.32 Å². The first-order chi connectivity index (χ1) is 10.7. The maximum Gasteiger partial charge on any atom is 0.223 e. The summed E-state index contributed by atoms with van der Waals surface area (Å²) < 4.78 is 0. The Hall–Kier alpha value is -2.67. The zero-order valence-corrected chi connectivity index (χ0v) is 13.1. The topological polar surface area (TPSA) is 114 Å². The smallest absolute Gasteiger partial charge is 0.223 e. The van der Waals surface area contributed by atoms with Crippen LogP contribution < -0.4 is 22.4 Å². The molecule has 0 amide bonds. The first kappa shape index (κ1) is 17.4. The summed E-state index contributed by atoms with van der Waals surface area (Å²) in [5, 5.41) is 6.71. The van der Waals surface area contributed by atoms with Crippen molar-refractivity contribution in [2.45, 2.75) is 26.8 Å². The second-order valence-corrected chi connectivity index (χ2v) is 4.19. The third-order valence-corrected chi connectivity index (χ3v) is 2.84. The van der Waals surface area contributed by atoms with E-state index in [1.165, 1.54) is 0 Å². The van der Waals surface area contributed by atoms with Crippen molar-refractivity contribution in [1.29, 1.82) is 0 Å². The van der Waals surface area contributed by atoms with Gasteiger partial charge in [-0.2, -0.15) is 5.10 Å². The van der Waals surface area contributed by atoms with Crippen LogP contribution in [0.15, 0.2) is 47.8 Å². The molecule has 0 aliphatic rings. The highest BCUT2D eigenvalue weighted by Gasteiger charge is 2.07. The number of hydrazone groups is 1. The second-order valence-electron chi connectivity index (χ2n) is 4.19. The van der Waals surface area contributed by atoms with Crippen molar-refractivity contribution in [3.8, 4) is 0 Å². The zero-order chi connectivity index (χ0) is 16.4. The van der Waals surface area contributed by atoms with Crippen LogP contribution in [0.2, 0.25) is 0 Å². The molecule has 1 aromatic heterocycles. The van der Waals surface area contributed by atoms with Crippen molar-refractivity contribution < 1.29 is 0 Å². The quantitative estimate of drug-likeness (QED) is 0.296. The summed E-state index contributed by atoms with van der Waals surface area (Å²) in [7, 11) is 0. The van der Waals surface area contributed by atoms with Crippen LogP contribution in [0.4, 0.5) is 5.95 Å². The number of nitrogens with two attached hydrogens (primary N) is 2. The third-order valence-electron chi connectivity index (χ3n) is 2.84. The number of nitrogens with one attached hydrogen (secondary N) is 2. The number of hydrogen-bond donors (Lipinski definition) is 4. The highest BCUT2D eigenvalue weighted by Crippen LogP contribution is 2.15. The monoisotopic (exact) mass is 301 g/mol. The average molecular weight is 301 g/mol. The lowest BCUT2D eigenvalue weighted by Crippen LogP contribution is -2.32. The molecule has 0 saturated carbocycles. The molecule has 0 fully saturated rings. The molecule has 1 aromatic carbocycles. The van der Waals surface area contributed by atoms with Gasteiger partial charge in [0.05, 0.1) is 11.6 Å². The van der Waals surface area contributed by atoms with Crippen molar-refractivity contribution >= 4 is 11.8 Å². The zero-order valence-electron chi connectivity index (χ0n) is 13.1. The van der Waals surface area contributed by atoms with E-state index in [0.717, 1.165) is 5.56 Å². The first-order valence-electron chi connectivity index (χ1n) is 7.13. The molecule has 7 nitrogen and oxygen atoms in total. The summed E-state index contributed by atoms with van der Waals surface area (Å²) in [6, 6.07) is 10.2. The Morgan fingerprint density at radius 2 is 1.73 bits per heavy atom. The summed E-state index contributed by atoms with van der Waals surface area (Å²) in [4.78, 5) is 8.41. The van der Waals surface area contributed by atoms with Crippen LogP contribution in [0.5, 0.6) is 0 Å². The molecule has 118 valence electrons. The van der Waals surface area contributed by atoms with Crippen molar-refractivity contribution in [3.63, 3.8) is 0 Å². The molecule has 0 aliphatic heterocycles. The van der Waals surface area contributed by atoms with Crippen LogP contribution in [0.1, 0.15) is 37.9 Å². The molecule has 2 aromatic rings. The van der Waals surface area contributed by atoms with Gasteiger partial charge in [0, 0.05) is 12.4 Å². The fraction of sp³-hybridized carbons (Fsp3) is 0.267. The molecule has 6 N–H and O–H groups in total. The fourth-order valence-electron chi connectivity index (χ4n) is 1.74. The Morgan fingerprint density at radius 1 is 1.14 bits per heavy atom. The molecule has 1 heterocycles. The Balaban J connectivity index is 0.00000116. The highest BCUT2D eigenvalue weighted by molar-refractivity contribution is 5.97. The lowest BCUT2D eigenvalue weighted by atomic mass is 10.1. The molecule has 0 aliphatic carbocycles. The van der Waals surface area contributed by atoms with E-state index in [4.69, 9.17) is 11.7 Å². The van der Waals surface area contributed by atoms with Gasteiger partial charge >= 0.3 is 0 Å². The standard InChI is InChI=1S/C13H17N7.C2H6/c1-9(10-5-3-2-4-6-10)18-13-16-7-11(8-17-13)12(19-14)20-15;1-2/h2-9H,14-15H2,1H3,(H,19,20)(H,16,17,18);1-2H3. The van der Waals surface area contributed by atoms with Crippen LogP contribution >= 0.6 is 0 Å². The van der Waals surface area contributed by atoms with Gasteiger partial charge in [-0.05, 0) is 12.5 Å². The van der Waals surface area contributed by atoms with Crippen molar-refractivity contribution in [1.82, 2.24) is 15.4 Å². The average Bonchev–Trinajstić information content (AvgIpc) is 2.60. The van der Waals surface area contributed by atoms with Gasteiger partial charge in [-0.25, -0.2) is 15.8 Å². The summed E-state index contributed by atoms with van der Waals surface area (Å²) >= 11 is 0. The third kappa shape index (κ3) is 4.71. The van der Waals surface area contributed by atoms with Crippen LogP contribution in [-0.4, -0.2) is 15.8 Å². The first-order valence-corrected chi connectivity index (χ1v) is 7.13. The molecule has 0 radical (unpaired) electrons. The number of anilines is 1. The molecule has 22 heavy (non-hydrogen) atoms. The number of amidine groups is 1. The Labute approximate surface area is 130 Å². The molecule has 7 heteroatoms. The maximum atomic E-state index is 5.28. The molecule has 0 saturated heterocycles. The molecule has 0 bridgehead atoms. The van der Waals surface area contributed by atoms with Gasteiger partial charge in [0.25, 0.3) is 0 Å². The van der Waals surface area contributed by atoms with E-state index < -0.39 is 0 Å². The predicted octanol–water partition coefficient (Wildman–Crippen LogP) is 1.76. The minimum absolute atomic E-state index is 0.109. The van der Waals surface area contributed by atoms with Gasteiger partial charge in [-0.15, -0.1) is 0 Å². The normalized spacial score (nSPS) is 11.9. The van der Waals surface area contributed by atoms with Gasteiger partial charge < -0.3 is 16.6 Å². The molecular formula is C15H23N7. The van der Waals surface area contributed by atoms with E-state index >= 15 is 0 Å². The molecule has 1 atom stereocenters. The van der Waals surface area contributed by atoms with Gasteiger partial charge in [0.1, 0.15) is 0 Å². The number of nitrogens with zero attached hydrogens (tertiary/aromatic N) is 3. The van der Waals surface area contributed by atoms with E-state index in [9.17, 15) is 0 Å². The minimum atomic E-state index is 0.109. The number of hydrogen-bond acceptors (Lipinski definition) is 6. The Kier molecular flexibility index (Phi) is 7.35. The predicted molar refractivity (Wildman–Crippen MR) is 89.9 cm³/mol. The lowest BCUT2D eigenvalue weighted by molar-refractivity contribution is 0.859. The molecule has 1 unspecified atom stereocenters. The maximum absolute atomic E-state index is 5.28. The summed E-state index contributed by atoms with van der Waals surface area (Å²) in [5.41, 5.74) is 4.16. The molecular weight excluding hydrogens is 278 g/mol. The molecule has 2 rings (SSSR count). The van der Waals surface area contributed by atoms with E-state index in [2.05, 4.69) is 25.8 Å². The molecule has 0 spiro atoms. The fourth-order valence-corrected chi connectivity index (χ4v) is 1.74. The number of hydrazine groups is 1. The Bertz CT molecular complexity index is 566. The van der Waals surface area contributed by atoms with Crippen molar-refractivity contribution in [2.24, 2.45) is 16.8 Å². The van der Waals surface area contributed by atoms with Crippen LogP contribution in [-0.2, 0) is 0 Å². The number of rotatable bonds is 4. The summed E-state index contributed by atoms with van der Waals surface area (Å²) in [6.45, 7) is 6.04. The largest absolute Gasteiger partial charge is 0.348 e. The number of benzene rings is 1.